The zero-order chi connectivity index (χ0) is 34.2. The van der Waals surface area contributed by atoms with E-state index < -0.39 is 38.5 Å². The number of halogens is 3. The highest BCUT2D eigenvalue weighted by atomic mass is 32.2. The van der Waals surface area contributed by atoms with Gasteiger partial charge in [-0.15, -0.1) is 0 Å². The Morgan fingerprint density at radius 1 is 1.00 bits per heavy atom. The van der Waals surface area contributed by atoms with E-state index in [1.54, 1.807) is 22.8 Å². The molecule has 2 N–H and O–H groups in total. The third-order valence-electron chi connectivity index (χ3n) is 11.4. The Kier molecular flexibility index (Phi) is 7.57. The van der Waals surface area contributed by atoms with Crippen molar-refractivity contribution in [3.05, 3.63) is 87.8 Å². The lowest BCUT2D eigenvalue weighted by Crippen LogP contribution is -2.47. The highest BCUT2D eigenvalue weighted by Gasteiger charge is 2.65. The molecule has 254 valence electrons. The van der Waals surface area contributed by atoms with Crippen LogP contribution in [-0.4, -0.2) is 43.5 Å². The number of Topliss-reactive ketones (excluding diaryl/α,β-unsaturated/α-hetero) is 1. The van der Waals surface area contributed by atoms with Crippen molar-refractivity contribution in [2.45, 2.75) is 58.2 Å². The van der Waals surface area contributed by atoms with Crippen LogP contribution < -0.4 is 20.5 Å². The second kappa shape index (κ2) is 11.2. The maximum absolute atomic E-state index is 14.0. The fourth-order valence-electron chi connectivity index (χ4n) is 8.74. The number of pyridine rings is 1. The van der Waals surface area contributed by atoms with E-state index in [4.69, 9.17) is 0 Å². The van der Waals surface area contributed by atoms with Crippen molar-refractivity contribution in [2.75, 3.05) is 33.8 Å². The highest BCUT2D eigenvalue weighted by molar-refractivity contribution is 7.92. The van der Waals surface area contributed by atoms with Gasteiger partial charge in [0.15, 0.2) is 0 Å². The average Bonchev–Trinajstić information content (AvgIpc) is 3.35. The van der Waals surface area contributed by atoms with Crippen LogP contribution in [0.25, 0.3) is 0 Å². The molecule has 7 rings (SSSR count). The molecule has 4 aliphatic rings. The van der Waals surface area contributed by atoms with Crippen LogP contribution in [-0.2, 0) is 27.5 Å². The van der Waals surface area contributed by atoms with E-state index in [-0.39, 0.29) is 51.8 Å². The van der Waals surface area contributed by atoms with Crippen LogP contribution in [0, 0.1) is 22.7 Å². The van der Waals surface area contributed by atoms with E-state index in [0.29, 0.717) is 38.2 Å². The number of piperidine rings is 1. The predicted molar refractivity (Wildman–Crippen MR) is 176 cm³/mol. The largest absolute Gasteiger partial charge is 0.416 e. The molecule has 2 saturated carbocycles. The Labute approximate surface area is 276 Å². The third kappa shape index (κ3) is 5.49. The normalized spacial score (nSPS) is 25.9. The number of alkyl halides is 3. The minimum Gasteiger partial charge on any atom is -0.369 e. The van der Waals surface area contributed by atoms with Gasteiger partial charge in [0, 0.05) is 55.0 Å². The molecule has 4 atom stereocenters. The average molecular weight is 683 g/mol. The van der Waals surface area contributed by atoms with Crippen LogP contribution in [0.4, 0.5) is 30.2 Å². The SMILES string of the molecule is CC1(C)C2CCC1(CS(=O)(=O)Nc1cc(C(=O)Nc3cccc(C(F)(F)F)c3)ccc1N1CC3CC(C1)c1cccc(=O)n1C3)C(=O)C2. The van der Waals surface area contributed by atoms with Gasteiger partial charge < -0.3 is 14.8 Å². The Hall–Kier alpha value is -4.13. The zero-order valence-electron chi connectivity index (χ0n) is 26.6. The van der Waals surface area contributed by atoms with Crippen LogP contribution in [0.5, 0.6) is 0 Å². The molecule has 2 aliphatic heterocycles. The summed E-state index contributed by atoms with van der Waals surface area (Å²) in [6.45, 7) is 5.50. The molecule has 3 heterocycles. The number of carbonyl (C=O) groups excluding carboxylic acids is 2. The molecule has 0 spiro atoms. The van der Waals surface area contributed by atoms with Crippen LogP contribution in [0.2, 0.25) is 0 Å². The number of aromatic nitrogens is 1. The number of sulfonamides is 1. The summed E-state index contributed by atoms with van der Waals surface area (Å²) in [7, 11) is -4.12. The number of hydrogen-bond donors (Lipinski definition) is 2. The highest BCUT2D eigenvalue weighted by Crippen LogP contribution is 2.64. The maximum Gasteiger partial charge on any atom is 0.416 e. The smallest absolute Gasteiger partial charge is 0.369 e. The monoisotopic (exact) mass is 682 g/mol. The van der Waals surface area contributed by atoms with E-state index in [0.717, 1.165) is 30.7 Å². The van der Waals surface area contributed by atoms with Gasteiger partial charge in [-0.2, -0.15) is 13.2 Å². The standard InChI is InChI=1S/C35H37F3N4O5S/c1-33(2)24-11-12-34(33,30(43)16-24)20-48(46,47)40-27-14-22(32(45)39-26-6-3-5-25(15-26)35(36,37)38)9-10-29(27)41-17-21-13-23(19-41)28-7-4-8-31(44)42(28)18-21/h3-10,14-15,21,23-24,40H,11-13,16-20H2,1-2H3,(H,39,45). The first-order valence-electron chi connectivity index (χ1n) is 16.2. The van der Waals surface area contributed by atoms with Crippen molar-refractivity contribution < 1.29 is 31.2 Å². The summed E-state index contributed by atoms with van der Waals surface area (Å²) in [6.07, 6.45) is -2.08. The summed E-state index contributed by atoms with van der Waals surface area (Å²) >= 11 is 0. The molecule has 13 heteroatoms. The van der Waals surface area contributed by atoms with E-state index in [9.17, 15) is 36.0 Å². The number of hydrogen-bond acceptors (Lipinski definition) is 6. The van der Waals surface area contributed by atoms with Crippen LogP contribution in [0.1, 0.15) is 67.1 Å². The minimum atomic E-state index is -4.59. The van der Waals surface area contributed by atoms with Gasteiger partial charge in [-0.05, 0) is 79.0 Å². The van der Waals surface area contributed by atoms with Crippen LogP contribution >= 0.6 is 0 Å². The van der Waals surface area contributed by atoms with Gasteiger partial charge >= 0.3 is 6.18 Å². The van der Waals surface area contributed by atoms with E-state index in [1.807, 2.05) is 19.9 Å². The van der Waals surface area contributed by atoms with Crippen LogP contribution in [0.15, 0.2) is 65.5 Å². The molecule has 3 fully saturated rings. The van der Waals surface area contributed by atoms with Gasteiger partial charge in [-0.1, -0.05) is 26.0 Å². The lowest BCUT2D eigenvalue weighted by atomic mass is 9.70. The number of ketones is 1. The molecule has 4 bridgehead atoms. The predicted octanol–water partition coefficient (Wildman–Crippen LogP) is 5.88. The Morgan fingerprint density at radius 3 is 2.48 bits per heavy atom. The van der Waals surface area contributed by atoms with Crippen molar-refractivity contribution in [2.24, 2.45) is 22.7 Å². The molecule has 1 saturated heterocycles. The summed E-state index contributed by atoms with van der Waals surface area (Å²) in [6, 6.07) is 14.1. The summed E-state index contributed by atoms with van der Waals surface area (Å²) in [5.41, 5.74) is -0.888. The maximum atomic E-state index is 14.0. The summed E-state index contributed by atoms with van der Waals surface area (Å²) in [5.74, 6) is -0.872. The second-order valence-corrected chi connectivity index (χ2v) is 16.1. The zero-order valence-corrected chi connectivity index (χ0v) is 27.5. The van der Waals surface area contributed by atoms with Gasteiger partial charge in [0.25, 0.3) is 11.5 Å². The number of amides is 1. The Morgan fingerprint density at radius 2 is 1.77 bits per heavy atom. The van der Waals surface area contributed by atoms with E-state index in [1.165, 1.54) is 24.3 Å². The second-order valence-electron chi connectivity index (χ2n) is 14.4. The van der Waals surface area contributed by atoms with Crippen molar-refractivity contribution in [1.82, 2.24) is 4.57 Å². The molecule has 48 heavy (non-hydrogen) atoms. The van der Waals surface area contributed by atoms with Crippen LogP contribution in [0.3, 0.4) is 0 Å². The molecule has 9 nitrogen and oxygen atoms in total. The molecule has 2 aromatic carbocycles. The molecular weight excluding hydrogens is 645 g/mol. The van der Waals surface area contributed by atoms with Gasteiger partial charge in [-0.25, -0.2) is 8.42 Å². The molecule has 3 aromatic rings. The molecular formula is C35H37F3N4O5S. The molecule has 1 aromatic heterocycles. The summed E-state index contributed by atoms with van der Waals surface area (Å²) < 4.78 is 72.4. The minimum absolute atomic E-state index is 0.0194. The van der Waals surface area contributed by atoms with Gasteiger partial charge in [0.05, 0.1) is 28.1 Å². The fraction of sp³-hybridized carbons (Fsp3) is 0.457. The summed E-state index contributed by atoms with van der Waals surface area (Å²) in [4.78, 5) is 41.2. The number of fused-ring (bicyclic) bond motifs is 6. The van der Waals surface area contributed by atoms with Crippen molar-refractivity contribution in [1.29, 1.82) is 0 Å². The van der Waals surface area contributed by atoms with E-state index in [2.05, 4.69) is 14.9 Å². The number of anilines is 3. The third-order valence-corrected chi connectivity index (χ3v) is 12.8. The number of carbonyl (C=O) groups is 2. The first-order chi connectivity index (χ1) is 22.6. The summed E-state index contributed by atoms with van der Waals surface area (Å²) in [5, 5.41) is 2.50. The Balaban J connectivity index is 1.22. The lowest BCUT2D eigenvalue weighted by molar-refractivity contribution is -0.137. The number of benzene rings is 2. The van der Waals surface area contributed by atoms with Gasteiger partial charge in [-0.3, -0.25) is 19.1 Å². The first-order valence-corrected chi connectivity index (χ1v) is 17.8. The Bertz CT molecular complexity index is 1990. The molecule has 2 aliphatic carbocycles. The van der Waals surface area contributed by atoms with Crippen molar-refractivity contribution in [3.8, 4) is 0 Å². The van der Waals surface area contributed by atoms with Crippen molar-refractivity contribution >= 4 is 38.8 Å². The number of nitrogens with one attached hydrogen (secondary N) is 2. The molecule has 0 radical (unpaired) electrons. The quantitative estimate of drug-likeness (QED) is 0.322. The van der Waals surface area contributed by atoms with E-state index >= 15 is 0 Å². The first kappa shape index (κ1) is 32.4. The fourth-order valence-corrected chi connectivity index (χ4v) is 10.6. The molecule has 1 amide bonds. The van der Waals surface area contributed by atoms with Gasteiger partial charge in [0.2, 0.25) is 10.0 Å². The topological polar surface area (TPSA) is 118 Å². The number of nitrogens with zero attached hydrogens (tertiary/aromatic N) is 2. The van der Waals surface area contributed by atoms with Gasteiger partial charge in [0.1, 0.15) is 5.78 Å². The number of rotatable bonds is 7. The molecule has 4 unspecified atom stereocenters. The lowest BCUT2D eigenvalue weighted by Gasteiger charge is -2.44. The van der Waals surface area contributed by atoms with Crippen molar-refractivity contribution in [3.63, 3.8) is 0 Å².